The van der Waals surface area contributed by atoms with E-state index < -0.39 is 0 Å². The van der Waals surface area contributed by atoms with Crippen LogP contribution in [-0.4, -0.2) is 52.9 Å². The van der Waals surface area contributed by atoms with E-state index in [-0.39, 0.29) is 11.9 Å². The van der Waals surface area contributed by atoms with Crippen LogP contribution in [0.5, 0.6) is 0 Å². The average molecular weight is 276 g/mol. The number of nitrogens with zero attached hydrogens (tertiary/aromatic N) is 3. The van der Waals surface area contributed by atoms with E-state index in [1.54, 1.807) is 0 Å². The van der Waals surface area contributed by atoms with Crippen molar-refractivity contribution in [3.05, 3.63) is 30.1 Å². The molecule has 0 spiro atoms. The fourth-order valence-corrected chi connectivity index (χ4v) is 2.54. The first-order valence-corrected chi connectivity index (χ1v) is 7.36. The molecule has 1 aromatic heterocycles. The van der Waals surface area contributed by atoms with Crippen molar-refractivity contribution in [2.24, 2.45) is 5.73 Å². The Kier molecular flexibility index (Phi) is 5.49. The Morgan fingerprint density at radius 1 is 1.30 bits per heavy atom. The van der Waals surface area contributed by atoms with Crippen molar-refractivity contribution in [3.8, 4) is 0 Å². The molecule has 5 nitrogen and oxygen atoms in total. The highest BCUT2D eigenvalue weighted by Crippen LogP contribution is 2.09. The van der Waals surface area contributed by atoms with Gasteiger partial charge in [0.25, 0.3) is 0 Å². The van der Waals surface area contributed by atoms with Crippen LogP contribution in [0.4, 0.5) is 0 Å². The molecule has 2 N–H and O–H groups in total. The van der Waals surface area contributed by atoms with E-state index in [1.165, 1.54) is 5.56 Å². The van der Waals surface area contributed by atoms with Gasteiger partial charge in [0.15, 0.2) is 0 Å². The van der Waals surface area contributed by atoms with E-state index >= 15 is 0 Å². The highest BCUT2D eigenvalue weighted by molar-refractivity contribution is 5.81. The molecule has 0 aliphatic carbocycles. The van der Waals surface area contributed by atoms with Crippen LogP contribution in [0.25, 0.3) is 0 Å². The largest absolute Gasteiger partial charge is 0.339 e. The van der Waals surface area contributed by atoms with Crippen molar-refractivity contribution >= 4 is 5.91 Å². The lowest BCUT2D eigenvalue weighted by Gasteiger charge is -2.35. The predicted molar refractivity (Wildman–Crippen MR) is 79.0 cm³/mol. The van der Waals surface area contributed by atoms with E-state index in [1.807, 2.05) is 29.4 Å². The highest BCUT2D eigenvalue weighted by atomic mass is 16.2. The summed E-state index contributed by atoms with van der Waals surface area (Å²) >= 11 is 0. The molecule has 2 rings (SSSR count). The number of hydrogen-bond acceptors (Lipinski definition) is 4. The Morgan fingerprint density at radius 2 is 1.95 bits per heavy atom. The van der Waals surface area contributed by atoms with Gasteiger partial charge in [-0.1, -0.05) is 13.3 Å². The quantitative estimate of drug-likeness (QED) is 0.866. The number of hydrogen-bond donors (Lipinski definition) is 1. The molecule has 0 unspecified atom stereocenters. The molecule has 0 radical (unpaired) electrons. The van der Waals surface area contributed by atoms with Gasteiger partial charge in [-0.3, -0.25) is 14.7 Å². The van der Waals surface area contributed by atoms with Crippen molar-refractivity contribution in [1.29, 1.82) is 0 Å². The zero-order valence-corrected chi connectivity index (χ0v) is 12.2. The molecule has 0 bridgehead atoms. The van der Waals surface area contributed by atoms with Crippen molar-refractivity contribution in [1.82, 2.24) is 14.8 Å². The molecule has 0 saturated carbocycles. The summed E-state index contributed by atoms with van der Waals surface area (Å²) < 4.78 is 0. The van der Waals surface area contributed by atoms with Crippen LogP contribution in [-0.2, 0) is 11.3 Å². The van der Waals surface area contributed by atoms with Gasteiger partial charge < -0.3 is 10.6 Å². The molecule has 5 heteroatoms. The van der Waals surface area contributed by atoms with E-state index in [2.05, 4.69) is 16.8 Å². The zero-order valence-electron chi connectivity index (χ0n) is 12.2. The fourth-order valence-electron chi connectivity index (χ4n) is 2.54. The van der Waals surface area contributed by atoms with E-state index in [9.17, 15) is 4.79 Å². The molecule has 1 aliphatic heterocycles. The lowest BCUT2D eigenvalue weighted by atomic mass is 10.1. The summed E-state index contributed by atoms with van der Waals surface area (Å²) in [6.45, 7) is 6.35. The average Bonchev–Trinajstić information content (AvgIpc) is 2.48. The van der Waals surface area contributed by atoms with E-state index in [4.69, 9.17) is 5.73 Å². The number of amides is 1. The molecule has 1 saturated heterocycles. The molecule has 1 aliphatic rings. The third-order valence-corrected chi connectivity index (χ3v) is 3.76. The van der Waals surface area contributed by atoms with Gasteiger partial charge in [0, 0.05) is 45.1 Å². The summed E-state index contributed by atoms with van der Waals surface area (Å²) in [5.41, 5.74) is 7.17. The number of nitrogens with two attached hydrogens (primary N) is 1. The maximum Gasteiger partial charge on any atom is 0.239 e. The monoisotopic (exact) mass is 276 g/mol. The maximum absolute atomic E-state index is 12.1. The van der Waals surface area contributed by atoms with Gasteiger partial charge in [0.2, 0.25) is 5.91 Å². The van der Waals surface area contributed by atoms with Gasteiger partial charge >= 0.3 is 0 Å². The van der Waals surface area contributed by atoms with Crippen LogP contribution in [0.1, 0.15) is 25.3 Å². The summed E-state index contributed by atoms with van der Waals surface area (Å²) in [7, 11) is 0. The lowest BCUT2D eigenvalue weighted by molar-refractivity contribution is -0.134. The minimum atomic E-state index is -0.327. The molecule has 0 aromatic carbocycles. The molecular formula is C15H24N4O. The molecule has 1 fully saturated rings. The lowest BCUT2D eigenvalue weighted by Crippen LogP contribution is -2.52. The normalized spacial score (nSPS) is 18.0. The SMILES string of the molecule is CCC[C@@H](N)C(=O)N1CCN(Cc2ccncc2)CC1. The molecule has 1 atom stereocenters. The Bertz CT molecular complexity index is 415. The van der Waals surface area contributed by atoms with Gasteiger partial charge in [-0.25, -0.2) is 0 Å². The summed E-state index contributed by atoms with van der Waals surface area (Å²) in [5.74, 6) is 0.107. The van der Waals surface area contributed by atoms with Crippen molar-refractivity contribution in [3.63, 3.8) is 0 Å². The van der Waals surface area contributed by atoms with Crippen molar-refractivity contribution in [2.45, 2.75) is 32.4 Å². The minimum Gasteiger partial charge on any atom is -0.339 e. The molecule has 1 aromatic rings. The van der Waals surface area contributed by atoms with Gasteiger partial charge in [0.1, 0.15) is 0 Å². The summed E-state index contributed by atoms with van der Waals surface area (Å²) in [6, 6.07) is 3.75. The van der Waals surface area contributed by atoms with E-state index in [0.29, 0.717) is 0 Å². The number of pyridine rings is 1. The topological polar surface area (TPSA) is 62.5 Å². The molecule has 1 amide bonds. The van der Waals surface area contributed by atoms with Crippen LogP contribution in [0.3, 0.4) is 0 Å². The smallest absolute Gasteiger partial charge is 0.239 e. The first-order chi connectivity index (χ1) is 9.70. The molecule has 110 valence electrons. The van der Waals surface area contributed by atoms with Crippen LogP contribution >= 0.6 is 0 Å². The first kappa shape index (κ1) is 14.9. The molecule has 20 heavy (non-hydrogen) atoms. The molecular weight excluding hydrogens is 252 g/mol. The Hall–Kier alpha value is -1.46. The van der Waals surface area contributed by atoms with Crippen LogP contribution < -0.4 is 5.73 Å². The highest BCUT2D eigenvalue weighted by Gasteiger charge is 2.24. The predicted octanol–water partition coefficient (Wildman–Crippen LogP) is 0.853. The summed E-state index contributed by atoms with van der Waals surface area (Å²) in [6.07, 6.45) is 5.36. The van der Waals surface area contributed by atoms with Crippen molar-refractivity contribution < 1.29 is 4.79 Å². The summed E-state index contributed by atoms with van der Waals surface area (Å²) in [5, 5.41) is 0. The zero-order chi connectivity index (χ0) is 14.4. The Morgan fingerprint density at radius 3 is 2.55 bits per heavy atom. The number of aromatic nitrogens is 1. The fraction of sp³-hybridized carbons (Fsp3) is 0.600. The van der Waals surface area contributed by atoms with Crippen LogP contribution in [0.15, 0.2) is 24.5 Å². The third kappa shape index (κ3) is 4.02. The van der Waals surface area contributed by atoms with Gasteiger partial charge in [-0.05, 0) is 24.1 Å². The Balaban J connectivity index is 1.79. The second-order valence-corrected chi connectivity index (χ2v) is 5.35. The Labute approximate surface area is 120 Å². The number of carbonyl (C=O) groups excluding carboxylic acids is 1. The van der Waals surface area contributed by atoms with Crippen LogP contribution in [0, 0.1) is 0 Å². The van der Waals surface area contributed by atoms with Gasteiger partial charge in [-0.2, -0.15) is 0 Å². The maximum atomic E-state index is 12.1. The molecule has 2 heterocycles. The standard InChI is InChI=1S/C15H24N4O/c1-2-3-14(16)15(20)19-10-8-18(9-11-19)12-13-4-6-17-7-5-13/h4-7,14H,2-3,8-12,16H2,1H3/t14-/m1/s1. The van der Waals surface area contributed by atoms with Gasteiger partial charge in [0.05, 0.1) is 6.04 Å². The third-order valence-electron chi connectivity index (χ3n) is 3.76. The number of carbonyl (C=O) groups is 1. The van der Waals surface area contributed by atoms with E-state index in [0.717, 1.165) is 45.6 Å². The number of rotatable bonds is 5. The first-order valence-electron chi connectivity index (χ1n) is 7.36. The van der Waals surface area contributed by atoms with Crippen LogP contribution in [0.2, 0.25) is 0 Å². The second kappa shape index (κ2) is 7.36. The number of piperazine rings is 1. The summed E-state index contributed by atoms with van der Waals surface area (Å²) in [4.78, 5) is 20.4. The van der Waals surface area contributed by atoms with Crippen molar-refractivity contribution in [2.75, 3.05) is 26.2 Å². The van der Waals surface area contributed by atoms with Gasteiger partial charge in [-0.15, -0.1) is 0 Å². The minimum absolute atomic E-state index is 0.107. The second-order valence-electron chi connectivity index (χ2n) is 5.35.